The Kier molecular flexibility index (Phi) is 11.5. The third-order valence-corrected chi connectivity index (χ3v) is 21.2. The number of likely N-dealkylation sites (N-methyl/N-ethyl adjacent to an activating group) is 1. The Morgan fingerprint density at radius 1 is 0.481 bits per heavy atom. The zero-order chi connectivity index (χ0) is 53.7. The van der Waals surface area contributed by atoms with E-state index in [1.54, 1.807) is 28.2 Å². The number of benzene rings is 4. The molecule has 9 aromatic rings. The molecule has 0 amide bonds. The van der Waals surface area contributed by atoms with Crippen LogP contribution in [0.15, 0.2) is 116 Å². The summed E-state index contributed by atoms with van der Waals surface area (Å²) >= 11 is 0. The number of aromatic nitrogens is 5. The molecule has 6 atom stereocenters. The van der Waals surface area contributed by atoms with Gasteiger partial charge in [0.2, 0.25) is 0 Å². The fourth-order valence-corrected chi connectivity index (χ4v) is 17.3. The van der Waals surface area contributed by atoms with Crippen LogP contribution in [0.3, 0.4) is 0 Å². The maximum absolute atomic E-state index is 5.21. The average Bonchev–Trinajstić information content (AvgIpc) is 3.94. The van der Waals surface area contributed by atoms with Gasteiger partial charge in [-0.1, -0.05) is 86.0 Å². The number of pyridine rings is 2. The van der Waals surface area contributed by atoms with Crippen molar-refractivity contribution in [1.82, 2.24) is 38.4 Å². The second-order valence-electron chi connectivity index (χ2n) is 27.2. The standard InChI is InChI=1S/C71H80N8/c1-45-12-17-63-57(28-45)60-42-74(8)38-50-33-69(5,21-25-77(63)66(50)60)53-11-9-10-49(31-53)37-75-39-51-34-70(6,22-26-78-64-18-13-46(2)29-58(64)61(43-75)67(51)78)54-20-24-72-56(32-54)41-76-40-52-35-71(7,55-16-15-48(4)73-36-55)23-27-79-65-19-14-47(3)30-59(65)62(44-76)68(52)79/h9-20,24,28-32,36,50-52H,21-23,25-27,33-35,37-44H2,1-8H3. The summed E-state index contributed by atoms with van der Waals surface area (Å²) in [6.45, 7) is 27.8. The monoisotopic (exact) mass is 1040 g/mol. The minimum Gasteiger partial charge on any atom is -0.344 e. The Balaban J connectivity index is 0.713. The highest BCUT2D eigenvalue weighted by Crippen LogP contribution is 2.51. The van der Waals surface area contributed by atoms with Gasteiger partial charge in [0.1, 0.15) is 0 Å². The van der Waals surface area contributed by atoms with Crippen LogP contribution in [0.25, 0.3) is 32.7 Å². The quantitative estimate of drug-likeness (QED) is 0.159. The Hall–Kier alpha value is -6.32. The number of aryl methyl sites for hydroxylation is 7. The van der Waals surface area contributed by atoms with Gasteiger partial charge in [-0.15, -0.1) is 0 Å². The summed E-state index contributed by atoms with van der Waals surface area (Å²) in [7, 11) is 2.33. The van der Waals surface area contributed by atoms with E-state index >= 15 is 0 Å². The van der Waals surface area contributed by atoms with Gasteiger partial charge >= 0.3 is 0 Å². The number of rotatable bonds is 7. The average molecular weight is 1050 g/mol. The third-order valence-electron chi connectivity index (χ3n) is 21.2. The Labute approximate surface area is 468 Å². The number of hydrogen-bond acceptors (Lipinski definition) is 5. The maximum atomic E-state index is 5.21. The summed E-state index contributed by atoms with van der Waals surface area (Å²) in [6.07, 6.45) is 11.1. The van der Waals surface area contributed by atoms with Crippen LogP contribution in [0, 0.1) is 27.7 Å². The van der Waals surface area contributed by atoms with Crippen molar-refractivity contribution in [2.24, 2.45) is 0 Å². The maximum Gasteiger partial charge on any atom is 0.0547 e. The third kappa shape index (κ3) is 8.23. The molecule has 0 N–H and O–H groups in total. The van der Waals surface area contributed by atoms with Gasteiger partial charge in [-0.2, -0.15) is 0 Å². The highest BCUT2D eigenvalue weighted by Gasteiger charge is 2.44. The van der Waals surface area contributed by atoms with Crippen molar-refractivity contribution in [2.45, 2.75) is 173 Å². The minimum atomic E-state index is -0.00593. The predicted molar refractivity (Wildman–Crippen MR) is 322 cm³/mol. The lowest BCUT2D eigenvalue weighted by Gasteiger charge is -2.38. The van der Waals surface area contributed by atoms with Gasteiger partial charge in [-0.25, -0.2) is 0 Å². The molecule has 0 spiro atoms. The second kappa shape index (κ2) is 18.4. The van der Waals surface area contributed by atoms with E-state index in [1.807, 2.05) is 0 Å². The van der Waals surface area contributed by atoms with E-state index in [1.165, 1.54) is 89.3 Å². The fourth-order valence-electron chi connectivity index (χ4n) is 17.3. The van der Waals surface area contributed by atoms with E-state index in [0.29, 0.717) is 17.8 Å². The van der Waals surface area contributed by atoms with Gasteiger partial charge in [0.25, 0.3) is 0 Å². The fraction of sp³-hybridized carbons (Fsp3) is 0.437. The van der Waals surface area contributed by atoms with Crippen molar-refractivity contribution >= 4 is 32.7 Å². The Bertz CT molecular complexity index is 3910. The van der Waals surface area contributed by atoms with Crippen LogP contribution in [0.2, 0.25) is 0 Å². The first kappa shape index (κ1) is 49.7. The number of hydrogen-bond donors (Lipinski definition) is 0. The van der Waals surface area contributed by atoms with E-state index in [4.69, 9.17) is 9.97 Å². The molecule has 8 nitrogen and oxygen atoms in total. The van der Waals surface area contributed by atoms with Gasteiger partial charge in [-0.3, -0.25) is 19.8 Å². The van der Waals surface area contributed by atoms with Crippen LogP contribution in [-0.4, -0.2) is 65.1 Å². The Morgan fingerprint density at radius 2 is 0.975 bits per heavy atom. The molecule has 6 unspecified atom stereocenters. The van der Waals surface area contributed by atoms with E-state index < -0.39 is 0 Å². The van der Waals surface area contributed by atoms with Crippen molar-refractivity contribution < 1.29 is 0 Å². The molecule has 0 saturated carbocycles. The predicted octanol–water partition coefficient (Wildman–Crippen LogP) is 14.6. The van der Waals surface area contributed by atoms with Crippen molar-refractivity contribution in [3.63, 3.8) is 0 Å². The SMILES string of the molecule is Cc1ccc2c(c1)c1c3n2CCC(C)(c2cccc(CN4Cc5c6n(c7ccc(C)cc57)CCC(C)(c5ccnc(CN7Cc8c9n(c%10ccc(C)cc8%10)CCC(C)(c8ccc(C)nc8)CC9C7)c5)CC6C4)c2)CC3CN(C)C1. The molecule has 0 bridgehead atoms. The van der Waals surface area contributed by atoms with Crippen LogP contribution in [0.1, 0.15) is 161 Å². The molecule has 79 heavy (non-hydrogen) atoms. The molecule has 0 saturated heterocycles. The molecular weight excluding hydrogens is 965 g/mol. The molecule has 0 fully saturated rings. The van der Waals surface area contributed by atoms with Gasteiger partial charge in [0.15, 0.2) is 0 Å². The lowest BCUT2D eigenvalue weighted by atomic mass is 9.71. The van der Waals surface area contributed by atoms with Crippen LogP contribution < -0.4 is 0 Å². The molecule has 4 aromatic carbocycles. The largest absolute Gasteiger partial charge is 0.344 e. The lowest BCUT2D eigenvalue weighted by Crippen LogP contribution is -2.36. The van der Waals surface area contributed by atoms with E-state index in [-0.39, 0.29) is 16.2 Å². The second-order valence-corrected chi connectivity index (χ2v) is 27.2. The Morgan fingerprint density at radius 3 is 1.51 bits per heavy atom. The highest BCUT2D eigenvalue weighted by atomic mass is 15.2. The molecule has 404 valence electrons. The smallest absolute Gasteiger partial charge is 0.0547 e. The van der Waals surface area contributed by atoms with Gasteiger partial charge in [0, 0.05) is 158 Å². The number of fused-ring (bicyclic) bond motifs is 9. The van der Waals surface area contributed by atoms with Crippen LogP contribution in [-0.2, 0) is 68.6 Å². The first-order valence-electron chi connectivity index (χ1n) is 30.1. The van der Waals surface area contributed by atoms with Crippen LogP contribution in [0.4, 0.5) is 0 Å². The lowest BCUT2D eigenvalue weighted by molar-refractivity contribution is 0.201. The zero-order valence-corrected chi connectivity index (χ0v) is 48.3. The van der Waals surface area contributed by atoms with Crippen molar-refractivity contribution in [1.29, 1.82) is 0 Å². The van der Waals surface area contributed by atoms with Crippen LogP contribution in [0.5, 0.6) is 0 Å². The van der Waals surface area contributed by atoms with E-state index in [9.17, 15) is 0 Å². The molecular formula is C71H80N8. The molecule has 0 radical (unpaired) electrons. The zero-order valence-electron chi connectivity index (χ0n) is 48.3. The molecule has 15 rings (SSSR count). The first-order chi connectivity index (χ1) is 38.2. The normalized spacial score (nSPS) is 26.2. The van der Waals surface area contributed by atoms with E-state index in [0.717, 1.165) is 110 Å². The van der Waals surface area contributed by atoms with Gasteiger partial charge in [0.05, 0.1) is 5.69 Å². The molecule has 6 aliphatic rings. The van der Waals surface area contributed by atoms with E-state index in [2.05, 4.69) is 199 Å². The number of nitrogens with zero attached hydrogens (tertiary/aromatic N) is 8. The summed E-state index contributed by atoms with van der Waals surface area (Å²) in [5.41, 5.74) is 26.0. The van der Waals surface area contributed by atoms with Gasteiger partial charge in [-0.05, 0) is 183 Å². The summed E-state index contributed by atoms with van der Waals surface area (Å²) in [5.74, 6) is 1.37. The molecule has 11 heterocycles. The topological polar surface area (TPSA) is 50.3 Å². The van der Waals surface area contributed by atoms with Crippen molar-refractivity contribution in [3.05, 3.63) is 200 Å². The molecule has 0 aliphatic carbocycles. The summed E-state index contributed by atoms with van der Waals surface area (Å²) in [6, 6.07) is 40.9. The molecule has 8 heteroatoms. The van der Waals surface area contributed by atoms with Gasteiger partial charge < -0.3 is 18.6 Å². The summed E-state index contributed by atoms with van der Waals surface area (Å²) in [5, 5.41) is 4.39. The van der Waals surface area contributed by atoms with Crippen molar-refractivity contribution in [3.8, 4) is 0 Å². The van der Waals surface area contributed by atoms with Crippen LogP contribution >= 0.6 is 0 Å². The molecule has 6 aliphatic heterocycles. The summed E-state index contributed by atoms with van der Waals surface area (Å²) in [4.78, 5) is 18.2. The molecule has 5 aromatic heterocycles. The first-order valence-corrected chi connectivity index (χ1v) is 30.1. The highest BCUT2D eigenvalue weighted by molar-refractivity contribution is 5.89. The minimum absolute atomic E-state index is 0.00593. The summed E-state index contributed by atoms with van der Waals surface area (Å²) < 4.78 is 8.20. The van der Waals surface area contributed by atoms with Crippen molar-refractivity contribution in [2.75, 3.05) is 26.7 Å².